The molecule has 4 fully saturated rings. The molecule has 4 aliphatic rings. The number of rotatable bonds is 8. The van der Waals surface area contributed by atoms with Crippen molar-refractivity contribution < 1.29 is 31.9 Å². The quantitative estimate of drug-likeness (QED) is 0.127. The average Bonchev–Trinajstić information content (AvgIpc) is 3.70. The zero-order valence-electron chi connectivity index (χ0n) is 23.2. The van der Waals surface area contributed by atoms with Crippen molar-refractivity contribution in [2.75, 3.05) is 0 Å². The summed E-state index contributed by atoms with van der Waals surface area (Å²) in [5, 5.41) is -2.81. The van der Waals surface area contributed by atoms with Crippen molar-refractivity contribution in [3.8, 4) is 11.5 Å². The zero-order valence-corrected chi connectivity index (χ0v) is 26.2. The van der Waals surface area contributed by atoms with Crippen LogP contribution in [-0.4, -0.2) is 44.8 Å². The van der Waals surface area contributed by atoms with Gasteiger partial charge in [0.1, 0.15) is 11.5 Å². The summed E-state index contributed by atoms with van der Waals surface area (Å²) < 4.78 is 63.8. The fraction of sp³-hybridized carbons (Fsp3) is 0.467. The molecule has 0 aliphatic heterocycles. The van der Waals surface area contributed by atoms with E-state index in [0.717, 1.165) is 0 Å². The van der Waals surface area contributed by atoms with Gasteiger partial charge in [0.05, 0.1) is 0 Å². The number of carbonyl (C=O) groups excluding carboxylic acids is 2. The maximum Gasteiger partial charge on any atom is 0.271 e. The molecule has 45 heavy (non-hydrogen) atoms. The first-order valence-corrected chi connectivity index (χ1v) is 15.7. The summed E-state index contributed by atoms with van der Waals surface area (Å²) in [4.78, 5) is 25.0. The first-order chi connectivity index (χ1) is 21.1. The third kappa shape index (κ3) is 5.57. The van der Waals surface area contributed by atoms with E-state index < -0.39 is 67.8 Å². The van der Waals surface area contributed by atoms with Gasteiger partial charge < -0.3 is 4.74 Å². The topological polar surface area (TPSA) is 92.1 Å². The number of halogens is 8. The Labute approximate surface area is 275 Å². The van der Waals surface area contributed by atoms with E-state index in [4.69, 9.17) is 51.1 Å². The molecule has 10 atom stereocenters. The van der Waals surface area contributed by atoms with E-state index >= 15 is 0 Å². The van der Waals surface area contributed by atoms with Gasteiger partial charge in [-0.05, 0) is 74.2 Å². The standard InChI is InChI=1S/C30H26Cl4F4N4O3/c31-27(35)19-9-17(23(11-19)29(27,33)37)13-39-41-25(43)15-1-5-21(6-2-15)45-22-7-3-16(4-8-22)26(44)42-40-14-18-10-20-12-24(18)30(34,38)28(20,32)36/h1-8,13-14,17-20,23-24H,9-12H2,(H,41,43)(H,42,44)/t17-,18-,19-,20-,23+,24+,27-,28-,29-,30+/m0/s1. The molecule has 0 spiro atoms. The van der Waals surface area contributed by atoms with Gasteiger partial charge in [-0.25, -0.2) is 28.4 Å². The fourth-order valence-corrected chi connectivity index (χ4v) is 8.38. The normalized spacial score (nSPS) is 40.0. The number of fused-ring (bicyclic) bond motifs is 4. The first-order valence-electron chi connectivity index (χ1n) is 14.2. The summed E-state index contributed by atoms with van der Waals surface area (Å²) in [5.74, 6) is -4.24. The van der Waals surface area contributed by atoms with Crippen LogP contribution in [0.1, 0.15) is 46.4 Å². The highest BCUT2D eigenvalue weighted by atomic mass is 35.5. The predicted molar refractivity (Wildman–Crippen MR) is 163 cm³/mol. The predicted octanol–water partition coefficient (Wildman–Crippen LogP) is 7.84. The molecule has 7 nitrogen and oxygen atoms in total. The fourth-order valence-electron chi connectivity index (χ4n) is 6.93. The van der Waals surface area contributed by atoms with Crippen LogP contribution in [0.5, 0.6) is 11.5 Å². The second-order valence-corrected chi connectivity index (χ2v) is 14.2. The Balaban J connectivity index is 0.967. The molecule has 4 bridgehead atoms. The van der Waals surface area contributed by atoms with Crippen molar-refractivity contribution in [1.29, 1.82) is 0 Å². The maximum absolute atomic E-state index is 14.6. The molecule has 2 aromatic carbocycles. The van der Waals surface area contributed by atoms with Crippen LogP contribution in [0.25, 0.3) is 0 Å². The van der Waals surface area contributed by atoms with Crippen molar-refractivity contribution in [2.45, 2.75) is 46.2 Å². The minimum atomic E-state index is -2.69. The lowest BCUT2D eigenvalue weighted by molar-refractivity contribution is 0.0289. The summed E-state index contributed by atoms with van der Waals surface area (Å²) in [5.41, 5.74) is 5.30. The number of amides is 2. The number of carbonyl (C=O) groups is 2. The molecule has 0 radical (unpaired) electrons. The number of ether oxygens (including phenoxy) is 1. The molecule has 4 saturated carbocycles. The summed E-state index contributed by atoms with van der Waals surface area (Å²) in [6.45, 7) is 0. The van der Waals surface area contributed by atoms with Gasteiger partial charge in [0.15, 0.2) is 0 Å². The van der Waals surface area contributed by atoms with Crippen molar-refractivity contribution >= 4 is 70.6 Å². The lowest BCUT2D eigenvalue weighted by Crippen LogP contribution is -2.47. The van der Waals surface area contributed by atoms with Crippen LogP contribution >= 0.6 is 46.4 Å². The highest BCUT2D eigenvalue weighted by molar-refractivity contribution is 6.34. The maximum atomic E-state index is 14.6. The summed E-state index contributed by atoms with van der Waals surface area (Å²) >= 11 is 22.9. The molecule has 4 aliphatic carbocycles. The first kappa shape index (κ1) is 32.3. The Bertz CT molecular complexity index is 1430. The van der Waals surface area contributed by atoms with Crippen LogP contribution in [0.4, 0.5) is 17.6 Å². The molecular formula is C30H26Cl4F4N4O3. The molecule has 15 heteroatoms. The number of hydrazone groups is 2. The Morgan fingerprint density at radius 1 is 0.644 bits per heavy atom. The van der Waals surface area contributed by atoms with E-state index in [1.807, 2.05) is 0 Å². The third-order valence-corrected chi connectivity index (χ3v) is 11.9. The van der Waals surface area contributed by atoms with Crippen LogP contribution in [0.3, 0.4) is 0 Å². The van der Waals surface area contributed by atoms with Crippen LogP contribution in [0.15, 0.2) is 58.7 Å². The second kappa shape index (κ2) is 11.6. The smallest absolute Gasteiger partial charge is 0.271 e. The second-order valence-electron chi connectivity index (χ2n) is 12.0. The van der Waals surface area contributed by atoms with E-state index in [2.05, 4.69) is 21.1 Å². The summed E-state index contributed by atoms with van der Waals surface area (Å²) in [6.07, 6.45) is 3.71. The van der Waals surface area contributed by atoms with Gasteiger partial charge in [0, 0.05) is 59.1 Å². The Kier molecular flexibility index (Phi) is 8.32. The van der Waals surface area contributed by atoms with Gasteiger partial charge in [0.25, 0.3) is 11.8 Å². The monoisotopic (exact) mass is 706 g/mol. The van der Waals surface area contributed by atoms with E-state index in [1.165, 1.54) is 36.7 Å². The molecule has 0 saturated heterocycles. The largest absolute Gasteiger partial charge is 0.457 e. The Hall–Kier alpha value is -2.60. The van der Waals surface area contributed by atoms with Gasteiger partial charge in [-0.3, -0.25) is 9.59 Å². The Morgan fingerprint density at radius 3 is 1.31 bits per heavy atom. The van der Waals surface area contributed by atoms with Crippen molar-refractivity contribution in [2.24, 2.45) is 45.7 Å². The van der Waals surface area contributed by atoms with Gasteiger partial charge in [-0.1, -0.05) is 46.4 Å². The van der Waals surface area contributed by atoms with Gasteiger partial charge in [0.2, 0.25) is 20.5 Å². The van der Waals surface area contributed by atoms with Gasteiger partial charge >= 0.3 is 0 Å². The number of nitrogens with one attached hydrogen (secondary N) is 2. The molecule has 0 unspecified atom stereocenters. The molecular weight excluding hydrogens is 682 g/mol. The number of nitrogens with zero attached hydrogens (tertiary/aromatic N) is 2. The van der Waals surface area contributed by atoms with E-state index in [9.17, 15) is 27.2 Å². The molecule has 0 aromatic heterocycles. The molecule has 2 N–H and O–H groups in total. The van der Waals surface area contributed by atoms with Crippen LogP contribution in [-0.2, 0) is 0 Å². The van der Waals surface area contributed by atoms with Gasteiger partial charge in [-0.15, -0.1) is 0 Å². The number of alkyl halides is 8. The van der Waals surface area contributed by atoms with E-state index in [0.29, 0.717) is 11.5 Å². The van der Waals surface area contributed by atoms with E-state index in [-0.39, 0.29) is 36.8 Å². The van der Waals surface area contributed by atoms with Crippen molar-refractivity contribution in [3.05, 3.63) is 59.7 Å². The summed E-state index contributed by atoms with van der Waals surface area (Å²) in [7, 11) is 0. The number of hydrogen-bond donors (Lipinski definition) is 2. The number of benzene rings is 2. The molecule has 6 rings (SSSR count). The molecule has 0 heterocycles. The molecule has 240 valence electrons. The summed E-state index contributed by atoms with van der Waals surface area (Å²) in [6, 6.07) is 12.3. The number of hydrogen-bond acceptors (Lipinski definition) is 5. The minimum Gasteiger partial charge on any atom is -0.457 e. The zero-order chi connectivity index (χ0) is 32.4. The minimum absolute atomic E-state index is 0.204. The lowest BCUT2D eigenvalue weighted by Gasteiger charge is -2.36. The molecule has 2 amide bonds. The SMILES string of the molecule is O=C(NN=C[C@@H]1C[C@H]2C[C@H]1[C@](F)(Cl)[C@]2(F)Cl)c1ccc(Oc2ccc(C(=O)NN=C[C@@H]3C[C@H]4C[C@H]3[C@@](F)(Cl)[C@]4(F)Cl)cc2)cc1. The highest BCUT2D eigenvalue weighted by Gasteiger charge is 2.72. The highest BCUT2D eigenvalue weighted by Crippen LogP contribution is 2.67. The third-order valence-electron chi connectivity index (χ3n) is 9.40. The van der Waals surface area contributed by atoms with Crippen LogP contribution in [0, 0.1) is 35.5 Å². The van der Waals surface area contributed by atoms with Crippen LogP contribution < -0.4 is 15.6 Å². The van der Waals surface area contributed by atoms with Gasteiger partial charge in [-0.2, -0.15) is 10.2 Å². The van der Waals surface area contributed by atoms with E-state index in [1.54, 1.807) is 24.3 Å². The lowest BCUT2D eigenvalue weighted by atomic mass is 9.86. The van der Waals surface area contributed by atoms with Crippen molar-refractivity contribution in [1.82, 2.24) is 10.9 Å². The average molecular weight is 708 g/mol. The Morgan fingerprint density at radius 2 is 1.00 bits per heavy atom. The van der Waals surface area contributed by atoms with Crippen LogP contribution in [0.2, 0.25) is 0 Å². The molecule has 2 aromatic rings. The van der Waals surface area contributed by atoms with Crippen molar-refractivity contribution in [3.63, 3.8) is 0 Å².